The number of rotatable bonds is 4. The number of sulfonamides is 1. The summed E-state index contributed by atoms with van der Waals surface area (Å²) >= 11 is 0. The third-order valence-corrected chi connectivity index (χ3v) is 4.96. The van der Waals surface area contributed by atoms with Crippen molar-refractivity contribution in [2.75, 3.05) is 18.0 Å². The maximum absolute atomic E-state index is 12.7. The van der Waals surface area contributed by atoms with Crippen LogP contribution in [0.1, 0.15) is 55.3 Å². The van der Waals surface area contributed by atoms with E-state index in [4.69, 9.17) is 0 Å². The number of carbonyl (C=O) groups excluding carboxylic acids is 1. The second-order valence-electron chi connectivity index (χ2n) is 6.37. The van der Waals surface area contributed by atoms with Gasteiger partial charge in [0.1, 0.15) is 0 Å². The third-order valence-electron chi connectivity index (χ3n) is 4.36. The number of benzene rings is 1. The molecule has 1 aromatic carbocycles. The molecule has 0 aliphatic heterocycles. The quantitative estimate of drug-likeness (QED) is 0.916. The summed E-state index contributed by atoms with van der Waals surface area (Å²) in [5.41, 5.74) is 0.938. The summed E-state index contributed by atoms with van der Waals surface area (Å²) in [5.74, 6) is -0.0484. The first-order valence-corrected chi connectivity index (χ1v) is 10.1. The Hall–Kier alpha value is -1.56. The van der Waals surface area contributed by atoms with Gasteiger partial charge in [0, 0.05) is 24.3 Å². The minimum absolute atomic E-state index is 0.0484. The number of carbonyl (C=O) groups is 1. The van der Waals surface area contributed by atoms with Crippen LogP contribution in [0.4, 0.5) is 5.69 Å². The molecule has 1 saturated carbocycles. The molecule has 0 heterocycles. The fourth-order valence-corrected chi connectivity index (χ4v) is 3.68. The first-order valence-electron chi connectivity index (χ1n) is 8.22. The number of nitrogens with one attached hydrogen (secondary N) is 1. The van der Waals surface area contributed by atoms with E-state index in [1.165, 1.54) is 19.3 Å². The molecule has 0 radical (unpaired) electrons. The van der Waals surface area contributed by atoms with Crippen molar-refractivity contribution in [1.82, 2.24) is 4.90 Å². The summed E-state index contributed by atoms with van der Waals surface area (Å²) in [6.07, 6.45) is 9.30. The summed E-state index contributed by atoms with van der Waals surface area (Å²) < 4.78 is 25.1. The van der Waals surface area contributed by atoms with Gasteiger partial charge in [-0.05, 0) is 31.0 Å². The van der Waals surface area contributed by atoms with E-state index in [0.29, 0.717) is 11.3 Å². The van der Waals surface area contributed by atoms with E-state index in [0.717, 1.165) is 31.9 Å². The molecule has 1 N–H and O–H groups in total. The maximum Gasteiger partial charge on any atom is 0.253 e. The van der Waals surface area contributed by atoms with Crippen LogP contribution in [0.3, 0.4) is 0 Å². The molecule has 0 bridgehead atoms. The Morgan fingerprint density at radius 3 is 2.35 bits per heavy atom. The maximum atomic E-state index is 12.7. The number of anilines is 1. The van der Waals surface area contributed by atoms with Crippen molar-refractivity contribution in [2.24, 2.45) is 0 Å². The minimum atomic E-state index is -3.34. The van der Waals surface area contributed by atoms with Gasteiger partial charge in [0.25, 0.3) is 5.91 Å². The monoisotopic (exact) mass is 338 g/mol. The van der Waals surface area contributed by atoms with Crippen LogP contribution in [0.2, 0.25) is 0 Å². The van der Waals surface area contributed by atoms with Gasteiger partial charge in [-0.25, -0.2) is 8.42 Å². The number of hydrogen-bond acceptors (Lipinski definition) is 3. The lowest BCUT2D eigenvalue weighted by Gasteiger charge is -2.30. The molecule has 0 unspecified atom stereocenters. The average molecular weight is 338 g/mol. The van der Waals surface area contributed by atoms with Crippen molar-refractivity contribution in [1.29, 1.82) is 0 Å². The van der Waals surface area contributed by atoms with Crippen molar-refractivity contribution < 1.29 is 13.2 Å². The third kappa shape index (κ3) is 5.53. The predicted octanol–water partition coefficient (Wildman–Crippen LogP) is 3.24. The van der Waals surface area contributed by atoms with E-state index < -0.39 is 10.0 Å². The van der Waals surface area contributed by atoms with Crippen molar-refractivity contribution in [3.05, 3.63) is 29.8 Å². The second kappa shape index (κ2) is 7.81. The van der Waals surface area contributed by atoms with E-state index in [-0.39, 0.29) is 11.9 Å². The molecular weight excluding hydrogens is 312 g/mol. The van der Waals surface area contributed by atoms with Gasteiger partial charge in [0.05, 0.1) is 6.26 Å². The normalized spacial score (nSPS) is 17.1. The first-order chi connectivity index (χ1) is 10.9. The van der Waals surface area contributed by atoms with Gasteiger partial charge in [-0.3, -0.25) is 9.52 Å². The van der Waals surface area contributed by atoms with E-state index in [1.807, 2.05) is 11.9 Å². The van der Waals surface area contributed by atoms with Crippen molar-refractivity contribution in [3.63, 3.8) is 0 Å². The Bertz CT molecular complexity index is 635. The van der Waals surface area contributed by atoms with E-state index in [9.17, 15) is 13.2 Å². The Kier molecular flexibility index (Phi) is 6.04. The topological polar surface area (TPSA) is 66.5 Å². The molecule has 1 aliphatic carbocycles. The molecule has 5 nitrogen and oxygen atoms in total. The average Bonchev–Trinajstić information content (AvgIpc) is 2.44. The standard InChI is InChI=1S/C17H26N2O3S/c1-19(16-11-6-4-3-5-7-12-16)17(20)14-9-8-10-15(13-14)18-23(2,21)22/h8-10,13,16,18H,3-7,11-12H2,1-2H3. The Morgan fingerprint density at radius 1 is 1.13 bits per heavy atom. The van der Waals surface area contributed by atoms with Gasteiger partial charge < -0.3 is 4.90 Å². The molecule has 6 heteroatoms. The van der Waals surface area contributed by atoms with Crippen LogP contribution >= 0.6 is 0 Å². The van der Waals surface area contributed by atoms with Gasteiger partial charge in [-0.2, -0.15) is 0 Å². The summed E-state index contributed by atoms with van der Waals surface area (Å²) in [5, 5.41) is 0. The smallest absolute Gasteiger partial charge is 0.253 e. The fourth-order valence-electron chi connectivity index (χ4n) is 3.12. The van der Waals surface area contributed by atoms with E-state index >= 15 is 0 Å². The Labute approximate surface area is 139 Å². The predicted molar refractivity (Wildman–Crippen MR) is 93.1 cm³/mol. The van der Waals surface area contributed by atoms with Crippen LogP contribution < -0.4 is 4.72 Å². The van der Waals surface area contributed by atoms with Gasteiger partial charge >= 0.3 is 0 Å². The van der Waals surface area contributed by atoms with Crippen LogP contribution in [0, 0.1) is 0 Å². The summed E-state index contributed by atoms with van der Waals surface area (Å²) in [7, 11) is -1.49. The zero-order valence-corrected chi connectivity index (χ0v) is 14.7. The van der Waals surface area contributed by atoms with Crippen LogP contribution in [0.25, 0.3) is 0 Å². The van der Waals surface area contributed by atoms with Crippen molar-refractivity contribution in [2.45, 2.75) is 51.0 Å². The highest BCUT2D eigenvalue weighted by Crippen LogP contribution is 2.22. The molecule has 0 aromatic heterocycles. The summed E-state index contributed by atoms with van der Waals surface area (Å²) in [4.78, 5) is 14.5. The lowest BCUT2D eigenvalue weighted by Crippen LogP contribution is -2.37. The molecule has 128 valence electrons. The summed E-state index contributed by atoms with van der Waals surface area (Å²) in [6, 6.07) is 6.95. The number of amides is 1. The van der Waals surface area contributed by atoms with Crippen LogP contribution in [-0.2, 0) is 10.0 Å². The highest BCUT2D eigenvalue weighted by atomic mass is 32.2. The fraction of sp³-hybridized carbons (Fsp3) is 0.588. The molecular formula is C17H26N2O3S. The second-order valence-corrected chi connectivity index (χ2v) is 8.12. The number of nitrogens with zero attached hydrogens (tertiary/aromatic N) is 1. The first kappa shape index (κ1) is 17.8. The Morgan fingerprint density at radius 2 is 1.74 bits per heavy atom. The largest absolute Gasteiger partial charge is 0.339 e. The molecule has 2 rings (SSSR count). The highest BCUT2D eigenvalue weighted by molar-refractivity contribution is 7.92. The molecule has 1 amide bonds. The number of hydrogen-bond donors (Lipinski definition) is 1. The van der Waals surface area contributed by atoms with Crippen LogP contribution in [0.5, 0.6) is 0 Å². The zero-order chi connectivity index (χ0) is 16.9. The molecule has 0 atom stereocenters. The van der Waals surface area contributed by atoms with Gasteiger partial charge in [-0.15, -0.1) is 0 Å². The Balaban J connectivity index is 2.10. The van der Waals surface area contributed by atoms with E-state index in [2.05, 4.69) is 4.72 Å². The van der Waals surface area contributed by atoms with Gasteiger partial charge in [-0.1, -0.05) is 38.2 Å². The molecule has 1 aromatic rings. The zero-order valence-electron chi connectivity index (χ0n) is 13.9. The molecule has 1 fully saturated rings. The summed E-state index contributed by atoms with van der Waals surface area (Å²) in [6.45, 7) is 0. The van der Waals surface area contributed by atoms with Crippen molar-refractivity contribution in [3.8, 4) is 0 Å². The molecule has 0 spiro atoms. The van der Waals surface area contributed by atoms with Crippen molar-refractivity contribution >= 4 is 21.6 Å². The minimum Gasteiger partial charge on any atom is -0.339 e. The van der Waals surface area contributed by atoms with Gasteiger partial charge in [0.2, 0.25) is 10.0 Å². The van der Waals surface area contributed by atoms with Gasteiger partial charge in [0.15, 0.2) is 0 Å². The lowest BCUT2D eigenvalue weighted by molar-refractivity contribution is 0.0707. The van der Waals surface area contributed by atoms with Crippen LogP contribution in [-0.4, -0.2) is 38.6 Å². The molecule has 23 heavy (non-hydrogen) atoms. The lowest BCUT2D eigenvalue weighted by atomic mass is 9.95. The van der Waals surface area contributed by atoms with Crippen LogP contribution in [0.15, 0.2) is 24.3 Å². The molecule has 1 aliphatic rings. The van der Waals surface area contributed by atoms with E-state index in [1.54, 1.807) is 24.3 Å². The SMILES string of the molecule is CN(C(=O)c1cccc(NS(C)(=O)=O)c1)C1CCCCCCC1. The molecule has 0 saturated heterocycles. The highest BCUT2D eigenvalue weighted by Gasteiger charge is 2.22.